The van der Waals surface area contributed by atoms with Crippen molar-refractivity contribution in [2.45, 2.75) is 43.9 Å². The second kappa shape index (κ2) is 9.86. The van der Waals surface area contributed by atoms with Crippen molar-refractivity contribution in [1.82, 2.24) is 20.4 Å². The van der Waals surface area contributed by atoms with Gasteiger partial charge >= 0.3 is 0 Å². The molecule has 0 aliphatic heterocycles. The molecule has 5 rings (SSSR count). The average Bonchev–Trinajstić information content (AvgIpc) is 3.38. The van der Waals surface area contributed by atoms with Crippen molar-refractivity contribution in [3.05, 3.63) is 76.5 Å². The average molecular weight is 492 g/mol. The van der Waals surface area contributed by atoms with Gasteiger partial charge in [0, 0.05) is 28.8 Å². The maximum atomic E-state index is 13.6. The van der Waals surface area contributed by atoms with Gasteiger partial charge in [-0.3, -0.25) is 10.1 Å². The number of aliphatic hydroxyl groups excluding tert-OH is 1. The van der Waals surface area contributed by atoms with Crippen LogP contribution < -0.4 is 10.6 Å². The maximum absolute atomic E-state index is 13.6. The molecule has 1 fully saturated rings. The van der Waals surface area contributed by atoms with Crippen LogP contribution in [-0.2, 0) is 0 Å². The van der Waals surface area contributed by atoms with E-state index >= 15 is 0 Å². The Morgan fingerprint density at radius 1 is 1.23 bits per heavy atom. The minimum Gasteiger partial charge on any atom is -0.393 e. The second-order valence-electron chi connectivity index (χ2n) is 8.70. The number of fused-ring (bicyclic) bond motifs is 1. The quantitative estimate of drug-likeness (QED) is 0.301. The standard InChI is InChI=1S/C25H23ClFN7O/c26-16-8-20-23(31-18-2-1-3-19(35)10-18)15(11-28)12-29-25(20)21(9-16)32-24(22-13-30-34-33-22)14-4-6-17(27)7-5-14/h4-9,12-13,18-19,24,32,35H,1-3,10H2,(H,29,31)(H,30,33,34)/t18?,19?,24-/m0/s1. The van der Waals surface area contributed by atoms with Gasteiger partial charge in [-0.15, -0.1) is 5.10 Å². The molecule has 2 heterocycles. The summed E-state index contributed by atoms with van der Waals surface area (Å²) in [4.78, 5) is 4.57. The first-order chi connectivity index (χ1) is 17.0. The lowest BCUT2D eigenvalue weighted by molar-refractivity contribution is 0.124. The number of aromatic nitrogens is 4. The van der Waals surface area contributed by atoms with Crippen LogP contribution in [0.15, 0.2) is 48.8 Å². The van der Waals surface area contributed by atoms with Crippen molar-refractivity contribution in [3.8, 4) is 6.07 Å². The number of halogens is 2. The maximum Gasteiger partial charge on any atom is 0.123 e. The molecule has 0 amide bonds. The van der Waals surface area contributed by atoms with Gasteiger partial charge in [-0.25, -0.2) is 4.39 Å². The van der Waals surface area contributed by atoms with Crippen LogP contribution in [0.25, 0.3) is 10.9 Å². The zero-order valence-electron chi connectivity index (χ0n) is 18.7. The van der Waals surface area contributed by atoms with Crippen LogP contribution in [0, 0.1) is 17.1 Å². The van der Waals surface area contributed by atoms with E-state index in [-0.39, 0.29) is 18.0 Å². The van der Waals surface area contributed by atoms with E-state index in [9.17, 15) is 14.8 Å². The Kier molecular flexibility index (Phi) is 6.49. The van der Waals surface area contributed by atoms with Gasteiger partial charge in [-0.05, 0) is 55.5 Å². The number of aromatic amines is 1. The van der Waals surface area contributed by atoms with Crippen molar-refractivity contribution in [3.63, 3.8) is 0 Å². The van der Waals surface area contributed by atoms with Gasteiger partial charge in [0.25, 0.3) is 0 Å². The van der Waals surface area contributed by atoms with Gasteiger partial charge in [0.15, 0.2) is 0 Å². The minimum atomic E-state index is -0.460. The van der Waals surface area contributed by atoms with Gasteiger partial charge in [-0.1, -0.05) is 28.9 Å². The molecular formula is C25H23ClFN7O. The zero-order valence-corrected chi connectivity index (χ0v) is 19.4. The van der Waals surface area contributed by atoms with E-state index < -0.39 is 6.04 Å². The molecule has 2 aromatic heterocycles. The summed E-state index contributed by atoms with van der Waals surface area (Å²) in [6, 6.07) is 11.5. The first kappa shape index (κ1) is 23.0. The Balaban J connectivity index is 1.58. The van der Waals surface area contributed by atoms with E-state index in [4.69, 9.17) is 11.6 Å². The molecule has 4 aromatic rings. The van der Waals surface area contributed by atoms with Crippen LogP contribution in [0.3, 0.4) is 0 Å². The summed E-state index contributed by atoms with van der Waals surface area (Å²) in [6.07, 6.45) is 6.04. The summed E-state index contributed by atoms with van der Waals surface area (Å²) in [7, 11) is 0. The minimum absolute atomic E-state index is 0.0361. The third-order valence-corrected chi connectivity index (χ3v) is 6.50. The lowest BCUT2D eigenvalue weighted by Crippen LogP contribution is -2.30. The number of hydrogen-bond donors (Lipinski definition) is 4. The molecule has 4 N–H and O–H groups in total. The normalized spacial score (nSPS) is 18.7. The van der Waals surface area contributed by atoms with Crippen molar-refractivity contribution < 1.29 is 9.50 Å². The number of pyridine rings is 1. The van der Waals surface area contributed by atoms with Gasteiger partial charge in [0.2, 0.25) is 0 Å². The van der Waals surface area contributed by atoms with Crippen molar-refractivity contribution in [1.29, 1.82) is 5.26 Å². The third-order valence-electron chi connectivity index (χ3n) is 6.29. The molecule has 2 unspecified atom stereocenters. The molecule has 0 spiro atoms. The van der Waals surface area contributed by atoms with E-state index in [1.165, 1.54) is 18.3 Å². The highest BCUT2D eigenvalue weighted by molar-refractivity contribution is 6.32. The molecule has 2 aromatic carbocycles. The number of nitrogens with one attached hydrogen (secondary N) is 3. The van der Waals surface area contributed by atoms with E-state index in [1.807, 2.05) is 0 Å². The molecule has 35 heavy (non-hydrogen) atoms. The summed E-state index contributed by atoms with van der Waals surface area (Å²) >= 11 is 6.53. The summed E-state index contributed by atoms with van der Waals surface area (Å²) in [5.74, 6) is -0.338. The highest BCUT2D eigenvalue weighted by Crippen LogP contribution is 2.37. The molecule has 178 valence electrons. The van der Waals surface area contributed by atoms with E-state index in [0.717, 1.165) is 24.8 Å². The van der Waals surface area contributed by atoms with Crippen LogP contribution in [0.4, 0.5) is 15.8 Å². The number of benzene rings is 2. The van der Waals surface area contributed by atoms with Crippen LogP contribution >= 0.6 is 11.6 Å². The van der Waals surface area contributed by atoms with Crippen LogP contribution in [0.5, 0.6) is 0 Å². The number of nitriles is 1. The lowest BCUT2D eigenvalue weighted by atomic mass is 9.92. The highest BCUT2D eigenvalue weighted by atomic mass is 35.5. The van der Waals surface area contributed by atoms with Crippen molar-refractivity contribution >= 4 is 33.9 Å². The monoisotopic (exact) mass is 491 g/mol. The van der Waals surface area contributed by atoms with Crippen molar-refractivity contribution in [2.24, 2.45) is 0 Å². The van der Waals surface area contributed by atoms with Crippen LogP contribution in [-0.4, -0.2) is 37.6 Å². The number of nitrogens with zero attached hydrogens (tertiary/aromatic N) is 4. The smallest absolute Gasteiger partial charge is 0.123 e. The van der Waals surface area contributed by atoms with E-state index in [1.54, 1.807) is 30.5 Å². The fraction of sp³-hybridized carbons (Fsp3) is 0.280. The molecule has 3 atom stereocenters. The number of rotatable bonds is 6. The third kappa shape index (κ3) is 4.90. The number of aliphatic hydroxyl groups is 1. The number of H-pyrrole nitrogens is 1. The molecule has 1 saturated carbocycles. The molecule has 0 saturated heterocycles. The molecule has 1 aliphatic carbocycles. The number of hydrogen-bond acceptors (Lipinski definition) is 7. The van der Waals surface area contributed by atoms with Gasteiger partial charge in [0.1, 0.15) is 17.6 Å². The molecule has 0 radical (unpaired) electrons. The van der Waals surface area contributed by atoms with Gasteiger partial charge in [0.05, 0.1) is 34.6 Å². The SMILES string of the molecule is N#Cc1cnc2c(N[C@@H](c3ccc(F)cc3)c3c[nH]nn3)cc(Cl)cc2c1NC1CCCC(O)C1. The van der Waals surface area contributed by atoms with Crippen LogP contribution in [0.2, 0.25) is 5.02 Å². The van der Waals surface area contributed by atoms with Gasteiger partial charge < -0.3 is 15.7 Å². The predicted molar refractivity (Wildman–Crippen MR) is 132 cm³/mol. The molecule has 8 nitrogen and oxygen atoms in total. The largest absolute Gasteiger partial charge is 0.393 e. The topological polar surface area (TPSA) is 123 Å². The summed E-state index contributed by atoms with van der Waals surface area (Å²) < 4.78 is 13.6. The molecular weight excluding hydrogens is 469 g/mol. The highest BCUT2D eigenvalue weighted by Gasteiger charge is 2.24. The Bertz CT molecular complexity index is 1370. The Morgan fingerprint density at radius 2 is 2.06 bits per heavy atom. The van der Waals surface area contributed by atoms with E-state index in [2.05, 4.69) is 37.1 Å². The zero-order chi connectivity index (χ0) is 24.4. The lowest BCUT2D eigenvalue weighted by Gasteiger charge is -2.28. The van der Waals surface area contributed by atoms with E-state index in [0.29, 0.717) is 45.0 Å². The molecule has 10 heteroatoms. The summed E-state index contributed by atoms with van der Waals surface area (Å²) in [5, 5.41) is 38.6. The van der Waals surface area contributed by atoms with Crippen molar-refractivity contribution in [2.75, 3.05) is 10.6 Å². The predicted octanol–water partition coefficient (Wildman–Crippen LogP) is 4.93. The first-order valence-corrected chi connectivity index (χ1v) is 11.7. The Morgan fingerprint density at radius 3 is 2.77 bits per heavy atom. The first-order valence-electron chi connectivity index (χ1n) is 11.4. The second-order valence-corrected chi connectivity index (χ2v) is 9.13. The fourth-order valence-corrected chi connectivity index (χ4v) is 4.83. The van der Waals surface area contributed by atoms with Gasteiger partial charge in [-0.2, -0.15) is 5.26 Å². The molecule has 0 bridgehead atoms. The van der Waals surface area contributed by atoms with Crippen LogP contribution in [0.1, 0.15) is 48.5 Å². The number of anilines is 2. The Labute approximate surface area is 206 Å². The fourth-order valence-electron chi connectivity index (χ4n) is 4.61. The molecule has 1 aliphatic rings. The Hall–Kier alpha value is -3.74. The summed E-state index contributed by atoms with van der Waals surface area (Å²) in [5.41, 5.74) is 3.66. The summed E-state index contributed by atoms with van der Waals surface area (Å²) in [6.45, 7) is 0.